The first kappa shape index (κ1) is 18.7. The summed E-state index contributed by atoms with van der Waals surface area (Å²) in [5.74, 6) is 0.731. The molecule has 0 amide bonds. The van der Waals surface area contributed by atoms with Crippen LogP contribution in [0, 0.1) is 17.2 Å². The molecule has 28 heavy (non-hydrogen) atoms. The second-order valence-corrected chi connectivity index (χ2v) is 7.96. The van der Waals surface area contributed by atoms with Crippen molar-refractivity contribution in [3.63, 3.8) is 0 Å². The maximum absolute atomic E-state index is 13.2. The molecule has 0 radical (unpaired) electrons. The van der Waals surface area contributed by atoms with Crippen molar-refractivity contribution in [2.24, 2.45) is 5.92 Å². The fourth-order valence-electron chi connectivity index (χ4n) is 4.92. The SMILES string of the molecule is COc1cc(C(=O)C2CC3CCCC(C2)N3Cc2ccccc2)ccc1C#N. The van der Waals surface area contributed by atoms with Gasteiger partial charge in [0.15, 0.2) is 5.78 Å². The predicted octanol–water partition coefficient (Wildman–Crippen LogP) is 4.58. The van der Waals surface area contributed by atoms with Gasteiger partial charge in [-0.15, -0.1) is 0 Å². The van der Waals surface area contributed by atoms with E-state index in [0.717, 1.165) is 19.4 Å². The van der Waals surface area contributed by atoms with Gasteiger partial charge in [-0.05, 0) is 49.4 Å². The van der Waals surface area contributed by atoms with E-state index in [9.17, 15) is 4.79 Å². The number of fused-ring (bicyclic) bond motifs is 2. The predicted molar refractivity (Wildman–Crippen MR) is 108 cm³/mol. The van der Waals surface area contributed by atoms with Crippen LogP contribution in [0.15, 0.2) is 48.5 Å². The second-order valence-electron chi connectivity index (χ2n) is 7.96. The summed E-state index contributed by atoms with van der Waals surface area (Å²) in [5.41, 5.74) is 2.48. The van der Waals surface area contributed by atoms with Crippen molar-refractivity contribution < 1.29 is 9.53 Å². The van der Waals surface area contributed by atoms with Crippen LogP contribution in [0.4, 0.5) is 0 Å². The zero-order chi connectivity index (χ0) is 19.5. The number of Topliss-reactive ketones (excluding diaryl/α,β-unsaturated/α-hetero) is 1. The zero-order valence-corrected chi connectivity index (χ0v) is 16.3. The highest BCUT2D eigenvalue weighted by molar-refractivity contribution is 5.98. The normalized spacial score (nSPS) is 24.4. The van der Waals surface area contributed by atoms with Crippen LogP contribution in [0.1, 0.15) is 53.6 Å². The lowest BCUT2D eigenvalue weighted by molar-refractivity contribution is 0.00906. The number of nitriles is 1. The highest BCUT2D eigenvalue weighted by Crippen LogP contribution is 2.39. The summed E-state index contributed by atoms with van der Waals surface area (Å²) in [7, 11) is 1.54. The molecule has 2 saturated heterocycles. The summed E-state index contributed by atoms with van der Waals surface area (Å²) in [5, 5.41) is 9.17. The Hall–Kier alpha value is -2.64. The van der Waals surface area contributed by atoms with E-state index in [1.54, 1.807) is 18.2 Å². The fraction of sp³-hybridized carbons (Fsp3) is 0.417. The molecule has 0 saturated carbocycles. The van der Waals surface area contributed by atoms with Crippen LogP contribution in [-0.2, 0) is 6.54 Å². The monoisotopic (exact) mass is 374 g/mol. The topological polar surface area (TPSA) is 53.3 Å². The Morgan fingerprint density at radius 1 is 1.14 bits per heavy atom. The van der Waals surface area contributed by atoms with Crippen molar-refractivity contribution in [2.75, 3.05) is 7.11 Å². The first-order chi connectivity index (χ1) is 13.7. The maximum Gasteiger partial charge on any atom is 0.166 e. The Kier molecular flexibility index (Phi) is 5.45. The van der Waals surface area contributed by atoms with Crippen molar-refractivity contribution in [2.45, 2.75) is 50.7 Å². The van der Waals surface area contributed by atoms with E-state index in [-0.39, 0.29) is 11.7 Å². The molecule has 2 aromatic carbocycles. The lowest BCUT2D eigenvalue weighted by atomic mass is 9.75. The molecule has 2 unspecified atom stereocenters. The number of carbonyl (C=O) groups excluding carboxylic acids is 1. The van der Waals surface area contributed by atoms with E-state index in [0.29, 0.717) is 29.0 Å². The highest BCUT2D eigenvalue weighted by Gasteiger charge is 2.40. The number of methoxy groups -OCH3 is 1. The third kappa shape index (κ3) is 3.68. The van der Waals surface area contributed by atoms with Gasteiger partial charge in [0.2, 0.25) is 0 Å². The summed E-state index contributed by atoms with van der Waals surface area (Å²) in [4.78, 5) is 15.8. The number of ether oxygens (including phenoxy) is 1. The molecule has 2 heterocycles. The smallest absolute Gasteiger partial charge is 0.166 e. The molecule has 144 valence electrons. The van der Waals surface area contributed by atoms with E-state index in [1.165, 1.54) is 31.9 Å². The number of piperidine rings is 2. The van der Waals surface area contributed by atoms with Gasteiger partial charge in [-0.25, -0.2) is 0 Å². The minimum absolute atomic E-state index is 0.0555. The molecular formula is C24H26N2O2. The van der Waals surface area contributed by atoms with Crippen molar-refractivity contribution in [1.29, 1.82) is 5.26 Å². The van der Waals surface area contributed by atoms with Crippen LogP contribution in [0.25, 0.3) is 0 Å². The van der Waals surface area contributed by atoms with E-state index in [1.807, 2.05) is 0 Å². The van der Waals surface area contributed by atoms with Gasteiger partial charge in [-0.1, -0.05) is 36.8 Å². The van der Waals surface area contributed by atoms with Gasteiger partial charge in [0, 0.05) is 30.1 Å². The molecule has 4 heteroatoms. The average Bonchev–Trinajstić information content (AvgIpc) is 2.73. The van der Waals surface area contributed by atoms with Crippen LogP contribution in [0.3, 0.4) is 0 Å². The highest BCUT2D eigenvalue weighted by atomic mass is 16.5. The molecule has 0 N–H and O–H groups in total. The molecular weight excluding hydrogens is 348 g/mol. The third-order valence-electron chi connectivity index (χ3n) is 6.31. The lowest BCUT2D eigenvalue weighted by Crippen LogP contribution is -2.52. The largest absolute Gasteiger partial charge is 0.495 e. The van der Waals surface area contributed by atoms with Crippen LogP contribution in [0.5, 0.6) is 5.75 Å². The van der Waals surface area contributed by atoms with E-state index >= 15 is 0 Å². The van der Waals surface area contributed by atoms with Gasteiger partial charge >= 0.3 is 0 Å². The molecule has 4 rings (SSSR count). The van der Waals surface area contributed by atoms with Crippen LogP contribution in [0.2, 0.25) is 0 Å². The van der Waals surface area contributed by atoms with E-state index in [2.05, 4.69) is 41.3 Å². The molecule has 2 aliphatic rings. The van der Waals surface area contributed by atoms with Crippen molar-refractivity contribution >= 4 is 5.78 Å². The molecule has 0 aliphatic carbocycles. The number of benzene rings is 2. The number of carbonyl (C=O) groups is 1. The van der Waals surface area contributed by atoms with Gasteiger partial charge in [0.1, 0.15) is 11.8 Å². The van der Waals surface area contributed by atoms with Crippen LogP contribution in [-0.4, -0.2) is 29.9 Å². The lowest BCUT2D eigenvalue weighted by Gasteiger charge is -2.48. The number of ketones is 1. The van der Waals surface area contributed by atoms with Crippen molar-refractivity contribution in [3.8, 4) is 11.8 Å². The summed E-state index contributed by atoms with van der Waals surface area (Å²) in [6.07, 6.45) is 5.44. The first-order valence-electron chi connectivity index (χ1n) is 10.1. The Morgan fingerprint density at radius 2 is 1.86 bits per heavy atom. The van der Waals surface area contributed by atoms with Gasteiger partial charge in [-0.3, -0.25) is 9.69 Å². The molecule has 2 atom stereocenters. The Balaban J connectivity index is 1.51. The van der Waals surface area contributed by atoms with Crippen LogP contribution < -0.4 is 4.74 Å². The molecule has 4 nitrogen and oxygen atoms in total. The van der Waals surface area contributed by atoms with Gasteiger partial charge < -0.3 is 4.74 Å². The summed E-state index contributed by atoms with van der Waals surface area (Å²) < 4.78 is 5.29. The van der Waals surface area contributed by atoms with Crippen molar-refractivity contribution in [1.82, 2.24) is 4.90 Å². The van der Waals surface area contributed by atoms with E-state index in [4.69, 9.17) is 10.00 Å². The summed E-state index contributed by atoms with van der Waals surface area (Å²) in [6, 6.07) is 18.9. The molecule has 0 aromatic heterocycles. The summed E-state index contributed by atoms with van der Waals surface area (Å²) in [6.45, 7) is 0.974. The summed E-state index contributed by atoms with van der Waals surface area (Å²) >= 11 is 0. The Morgan fingerprint density at radius 3 is 2.50 bits per heavy atom. The van der Waals surface area contributed by atoms with Gasteiger partial charge in [-0.2, -0.15) is 5.26 Å². The number of rotatable bonds is 5. The van der Waals surface area contributed by atoms with E-state index < -0.39 is 0 Å². The molecule has 2 bridgehead atoms. The Labute approximate surface area is 166 Å². The maximum atomic E-state index is 13.2. The average molecular weight is 374 g/mol. The minimum Gasteiger partial charge on any atom is -0.495 e. The number of hydrogen-bond acceptors (Lipinski definition) is 4. The minimum atomic E-state index is 0.0555. The molecule has 2 aromatic rings. The molecule has 2 fully saturated rings. The molecule has 2 aliphatic heterocycles. The quantitative estimate of drug-likeness (QED) is 0.719. The third-order valence-corrected chi connectivity index (χ3v) is 6.31. The van der Waals surface area contributed by atoms with Gasteiger partial charge in [0.25, 0.3) is 0 Å². The molecule has 0 spiro atoms. The van der Waals surface area contributed by atoms with Crippen molar-refractivity contribution in [3.05, 3.63) is 65.2 Å². The zero-order valence-electron chi connectivity index (χ0n) is 16.3. The number of nitrogens with zero attached hydrogens (tertiary/aromatic N) is 2. The Bertz CT molecular complexity index is 873. The second kappa shape index (κ2) is 8.16. The number of hydrogen-bond donors (Lipinski definition) is 0. The van der Waals surface area contributed by atoms with Crippen LogP contribution >= 0.6 is 0 Å². The van der Waals surface area contributed by atoms with Gasteiger partial charge in [0.05, 0.1) is 12.7 Å². The standard InChI is InChI=1S/C24H26N2O2/c1-28-23-14-18(10-11-19(23)15-25)24(27)20-12-21-8-5-9-22(13-20)26(21)16-17-6-3-2-4-7-17/h2-4,6-7,10-11,14,20-22H,5,8-9,12-13,16H2,1H3. The first-order valence-corrected chi connectivity index (χ1v) is 10.1. The fourth-order valence-corrected chi connectivity index (χ4v) is 4.92.